The third-order valence-corrected chi connectivity index (χ3v) is 4.44. The number of rotatable bonds is 3. The van der Waals surface area contributed by atoms with E-state index in [2.05, 4.69) is 5.32 Å². The number of hydrogen-bond acceptors (Lipinski definition) is 4. The van der Waals surface area contributed by atoms with Crippen LogP contribution in [-0.2, 0) is 17.8 Å². The average Bonchev–Trinajstić information content (AvgIpc) is 3.06. The zero-order valence-electron chi connectivity index (χ0n) is 12.9. The Morgan fingerprint density at radius 3 is 2.83 bits per heavy atom. The number of fused-ring (bicyclic) bond motifs is 2. The number of ether oxygens (including phenoxy) is 3. The van der Waals surface area contributed by atoms with E-state index in [4.69, 9.17) is 25.8 Å². The van der Waals surface area contributed by atoms with Crippen molar-refractivity contribution in [2.45, 2.75) is 13.0 Å². The van der Waals surface area contributed by atoms with Crippen molar-refractivity contribution in [1.82, 2.24) is 5.32 Å². The van der Waals surface area contributed by atoms with Gasteiger partial charge in [-0.05, 0) is 47.9 Å². The minimum atomic E-state index is -0.218. The first kappa shape index (κ1) is 15.1. The van der Waals surface area contributed by atoms with Crippen LogP contribution in [0.1, 0.15) is 11.1 Å². The Morgan fingerprint density at radius 2 is 1.92 bits per heavy atom. The van der Waals surface area contributed by atoms with Crippen molar-refractivity contribution < 1.29 is 19.0 Å². The molecule has 1 amide bonds. The van der Waals surface area contributed by atoms with Gasteiger partial charge in [0, 0.05) is 11.6 Å². The fourth-order valence-corrected chi connectivity index (χ4v) is 3.11. The predicted molar refractivity (Wildman–Crippen MR) is 88.6 cm³/mol. The van der Waals surface area contributed by atoms with Gasteiger partial charge in [0.15, 0.2) is 11.5 Å². The van der Waals surface area contributed by atoms with E-state index in [0.29, 0.717) is 30.3 Å². The molecule has 0 bridgehead atoms. The van der Waals surface area contributed by atoms with Gasteiger partial charge >= 0.3 is 0 Å². The Balaban J connectivity index is 1.38. The van der Waals surface area contributed by atoms with Crippen LogP contribution in [0.3, 0.4) is 0 Å². The van der Waals surface area contributed by atoms with Crippen molar-refractivity contribution in [1.29, 1.82) is 0 Å². The van der Waals surface area contributed by atoms with E-state index in [0.717, 1.165) is 22.6 Å². The maximum Gasteiger partial charge on any atom is 0.231 e. The van der Waals surface area contributed by atoms with Crippen molar-refractivity contribution in [2.24, 2.45) is 5.92 Å². The van der Waals surface area contributed by atoms with E-state index in [-0.39, 0.29) is 18.6 Å². The van der Waals surface area contributed by atoms with Crippen molar-refractivity contribution in [2.75, 3.05) is 13.4 Å². The highest BCUT2D eigenvalue weighted by atomic mass is 35.5. The van der Waals surface area contributed by atoms with Gasteiger partial charge in [0.25, 0.3) is 0 Å². The fourth-order valence-electron chi connectivity index (χ4n) is 2.92. The normalized spacial score (nSPS) is 17.8. The molecular weight excluding hydrogens is 330 g/mol. The summed E-state index contributed by atoms with van der Waals surface area (Å²) in [7, 11) is 0. The van der Waals surface area contributed by atoms with Gasteiger partial charge < -0.3 is 19.5 Å². The Morgan fingerprint density at radius 1 is 1.08 bits per heavy atom. The molecule has 1 atom stereocenters. The summed E-state index contributed by atoms with van der Waals surface area (Å²) in [4.78, 5) is 12.4. The van der Waals surface area contributed by atoms with Gasteiger partial charge in [0.2, 0.25) is 12.7 Å². The highest BCUT2D eigenvalue weighted by molar-refractivity contribution is 6.30. The molecule has 5 nitrogen and oxygen atoms in total. The van der Waals surface area contributed by atoms with Crippen molar-refractivity contribution in [3.63, 3.8) is 0 Å². The van der Waals surface area contributed by atoms with Crippen LogP contribution in [0.4, 0.5) is 0 Å². The molecule has 2 aliphatic heterocycles. The van der Waals surface area contributed by atoms with Crippen LogP contribution in [0.25, 0.3) is 0 Å². The quantitative estimate of drug-likeness (QED) is 0.929. The molecule has 124 valence electrons. The SMILES string of the molecule is O=C(NCc1ccc2c(c1)OCO2)[C@@H]1COc2ccc(Cl)cc2C1. The molecule has 6 heteroatoms. The molecule has 0 fully saturated rings. The molecule has 2 aromatic carbocycles. The molecule has 0 saturated heterocycles. The fraction of sp³-hybridized carbons (Fsp3) is 0.278. The Hall–Kier alpha value is -2.40. The first-order valence-electron chi connectivity index (χ1n) is 7.76. The maximum absolute atomic E-state index is 12.4. The number of halogens is 1. The molecule has 4 rings (SSSR count). The van der Waals surface area contributed by atoms with E-state index >= 15 is 0 Å². The number of carbonyl (C=O) groups is 1. The topological polar surface area (TPSA) is 56.8 Å². The Bertz CT molecular complexity index is 793. The number of benzene rings is 2. The highest BCUT2D eigenvalue weighted by Gasteiger charge is 2.26. The van der Waals surface area contributed by atoms with Gasteiger partial charge in [-0.25, -0.2) is 0 Å². The monoisotopic (exact) mass is 345 g/mol. The molecule has 1 N–H and O–H groups in total. The number of carbonyl (C=O) groups excluding carboxylic acids is 1. The van der Waals surface area contributed by atoms with Crippen LogP contribution < -0.4 is 19.5 Å². The smallest absolute Gasteiger partial charge is 0.231 e. The first-order chi connectivity index (χ1) is 11.7. The van der Waals surface area contributed by atoms with Gasteiger partial charge in [0.1, 0.15) is 12.4 Å². The van der Waals surface area contributed by atoms with Gasteiger partial charge in [-0.2, -0.15) is 0 Å². The summed E-state index contributed by atoms with van der Waals surface area (Å²) in [5.41, 5.74) is 1.93. The van der Waals surface area contributed by atoms with E-state index in [1.165, 1.54) is 0 Å². The van der Waals surface area contributed by atoms with Crippen LogP contribution in [0.5, 0.6) is 17.2 Å². The number of amides is 1. The molecule has 2 aromatic rings. The van der Waals surface area contributed by atoms with Gasteiger partial charge in [-0.3, -0.25) is 4.79 Å². The van der Waals surface area contributed by atoms with E-state index < -0.39 is 0 Å². The molecule has 0 spiro atoms. The molecule has 2 heterocycles. The largest absolute Gasteiger partial charge is 0.492 e. The van der Waals surface area contributed by atoms with Gasteiger partial charge in [-0.15, -0.1) is 0 Å². The van der Waals surface area contributed by atoms with Crippen LogP contribution in [-0.4, -0.2) is 19.3 Å². The molecule has 0 unspecified atom stereocenters. The lowest BCUT2D eigenvalue weighted by molar-refractivity contribution is -0.126. The zero-order chi connectivity index (χ0) is 16.5. The molecule has 0 saturated carbocycles. The third kappa shape index (κ3) is 2.99. The predicted octanol–water partition coefficient (Wildman–Crippen LogP) is 2.94. The molecule has 24 heavy (non-hydrogen) atoms. The molecule has 0 aromatic heterocycles. The van der Waals surface area contributed by atoms with Crippen LogP contribution >= 0.6 is 11.6 Å². The number of nitrogens with one attached hydrogen (secondary N) is 1. The maximum atomic E-state index is 12.4. The second kappa shape index (κ2) is 6.24. The van der Waals surface area contributed by atoms with Gasteiger partial charge in [0.05, 0.1) is 5.92 Å². The zero-order valence-corrected chi connectivity index (χ0v) is 13.6. The van der Waals surface area contributed by atoms with E-state index in [9.17, 15) is 4.79 Å². The second-order valence-electron chi connectivity index (χ2n) is 5.87. The van der Waals surface area contributed by atoms with Crippen LogP contribution in [0.15, 0.2) is 36.4 Å². The van der Waals surface area contributed by atoms with E-state index in [1.54, 1.807) is 6.07 Å². The summed E-state index contributed by atoms with van der Waals surface area (Å²) in [5, 5.41) is 3.61. The van der Waals surface area contributed by atoms with E-state index in [1.807, 2.05) is 30.3 Å². The molecule has 0 aliphatic carbocycles. The molecule has 2 aliphatic rings. The third-order valence-electron chi connectivity index (χ3n) is 4.20. The van der Waals surface area contributed by atoms with Crippen LogP contribution in [0.2, 0.25) is 5.02 Å². The Kier molecular flexibility index (Phi) is 3.94. The lowest BCUT2D eigenvalue weighted by atomic mass is 9.96. The Labute approximate surface area is 144 Å². The molecular formula is C18H16ClNO4. The first-order valence-corrected chi connectivity index (χ1v) is 8.14. The summed E-state index contributed by atoms with van der Waals surface area (Å²) < 4.78 is 16.3. The van der Waals surface area contributed by atoms with Gasteiger partial charge in [-0.1, -0.05) is 17.7 Å². The van der Waals surface area contributed by atoms with Crippen molar-refractivity contribution in [3.05, 3.63) is 52.5 Å². The summed E-state index contributed by atoms with van der Waals surface area (Å²) >= 11 is 6.01. The summed E-state index contributed by atoms with van der Waals surface area (Å²) in [6.07, 6.45) is 0.628. The van der Waals surface area contributed by atoms with Crippen LogP contribution in [0, 0.1) is 5.92 Å². The molecule has 0 radical (unpaired) electrons. The standard InChI is InChI=1S/C18H16ClNO4/c19-14-2-4-15-12(7-14)6-13(9-22-15)18(21)20-8-11-1-3-16-17(5-11)24-10-23-16/h1-5,7,13H,6,8-10H2,(H,20,21)/t13-/m0/s1. The number of hydrogen-bond donors (Lipinski definition) is 1. The lowest BCUT2D eigenvalue weighted by Gasteiger charge is -2.24. The lowest BCUT2D eigenvalue weighted by Crippen LogP contribution is -2.37. The van der Waals surface area contributed by atoms with Crippen molar-refractivity contribution >= 4 is 17.5 Å². The average molecular weight is 346 g/mol. The summed E-state index contributed by atoms with van der Waals surface area (Å²) in [6.45, 7) is 1.06. The minimum Gasteiger partial charge on any atom is -0.492 e. The minimum absolute atomic E-state index is 0.0294. The summed E-state index contributed by atoms with van der Waals surface area (Å²) in [6, 6.07) is 11.1. The van der Waals surface area contributed by atoms with Crippen molar-refractivity contribution in [3.8, 4) is 17.2 Å². The summed E-state index contributed by atoms with van der Waals surface area (Å²) in [5.74, 6) is 2.01. The second-order valence-corrected chi connectivity index (χ2v) is 6.31. The highest BCUT2D eigenvalue weighted by Crippen LogP contribution is 2.33.